The molecule has 0 fully saturated rings. The average molecular weight is 497 g/mol. The van der Waals surface area contributed by atoms with Gasteiger partial charge in [-0.3, -0.25) is 0 Å². The number of nitriles is 1. The van der Waals surface area contributed by atoms with E-state index in [-0.39, 0.29) is 17.5 Å². The molecule has 2 aromatic heterocycles. The first-order valence-electron chi connectivity index (χ1n) is 12.4. The van der Waals surface area contributed by atoms with Crippen LogP contribution in [-0.2, 0) is 0 Å². The third-order valence-corrected chi connectivity index (χ3v) is 5.78. The molecule has 0 aliphatic heterocycles. The monoisotopic (exact) mass is 496 g/mol. The first-order valence-corrected chi connectivity index (χ1v) is 12.4. The molecule has 0 radical (unpaired) electrons. The van der Waals surface area contributed by atoms with E-state index in [9.17, 15) is 5.26 Å². The molecule has 1 N–H and O–H groups in total. The zero-order chi connectivity index (χ0) is 26.4. The normalized spacial score (nSPS) is 11.4. The van der Waals surface area contributed by atoms with Crippen LogP contribution < -0.4 is 10.2 Å². The number of nitrogens with one attached hydrogen (secondary N) is 1. The highest BCUT2D eigenvalue weighted by Crippen LogP contribution is 2.28. The summed E-state index contributed by atoms with van der Waals surface area (Å²) in [6.07, 6.45) is 4.60. The van der Waals surface area contributed by atoms with Crippen molar-refractivity contribution in [3.63, 3.8) is 0 Å². The SMILES string of the molecule is Cc1cc(-c2nn(-c3ccccc3)cc2C=NNc2oc(C(C)C)nc2C#N)ccc1OCCC(C)C. The molecule has 0 bridgehead atoms. The number of rotatable bonds is 10. The molecule has 37 heavy (non-hydrogen) atoms. The van der Waals surface area contributed by atoms with Gasteiger partial charge in [0.2, 0.25) is 11.6 Å². The van der Waals surface area contributed by atoms with Crippen molar-refractivity contribution in [3.8, 4) is 28.8 Å². The Morgan fingerprint density at radius 3 is 2.62 bits per heavy atom. The van der Waals surface area contributed by atoms with Crippen molar-refractivity contribution in [2.45, 2.75) is 47.0 Å². The minimum absolute atomic E-state index is 0.0582. The molecule has 2 heterocycles. The Bertz CT molecular complexity index is 1410. The summed E-state index contributed by atoms with van der Waals surface area (Å²) in [6.45, 7) is 11.0. The third-order valence-electron chi connectivity index (χ3n) is 5.78. The first kappa shape index (κ1) is 25.7. The topological polar surface area (TPSA) is 101 Å². The van der Waals surface area contributed by atoms with E-state index in [1.54, 1.807) is 6.21 Å². The molecule has 190 valence electrons. The molecule has 0 unspecified atom stereocenters. The van der Waals surface area contributed by atoms with Gasteiger partial charge < -0.3 is 9.15 Å². The number of oxazole rings is 1. The summed E-state index contributed by atoms with van der Waals surface area (Å²) in [5, 5.41) is 18.6. The molecular weight excluding hydrogens is 464 g/mol. The molecule has 4 aromatic rings. The van der Waals surface area contributed by atoms with Crippen molar-refractivity contribution in [3.05, 3.63) is 77.4 Å². The summed E-state index contributed by atoms with van der Waals surface area (Å²) in [6, 6.07) is 18.0. The summed E-state index contributed by atoms with van der Waals surface area (Å²) in [5.74, 6) is 2.23. The molecule has 8 heteroatoms. The Hall–Kier alpha value is -4.38. The second-order valence-corrected chi connectivity index (χ2v) is 9.59. The van der Waals surface area contributed by atoms with Gasteiger partial charge in [0.25, 0.3) is 5.88 Å². The summed E-state index contributed by atoms with van der Waals surface area (Å²) >= 11 is 0. The van der Waals surface area contributed by atoms with Crippen LogP contribution in [0.2, 0.25) is 0 Å². The fourth-order valence-corrected chi connectivity index (χ4v) is 3.68. The minimum Gasteiger partial charge on any atom is -0.493 e. The van der Waals surface area contributed by atoms with Crippen molar-refractivity contribution in [2.75, 3.05) is 12.0 Å². The van der Waals surface area contributed by atoms with Crippen LogP contribution in [0.25, 0.3) is 16.9 Å². The summed E-state index contributed by atoms with van der Waals surface area (Å²) in [4.78, 5) is 4.22. The third kappa shape index (κ3) is 6.25. The van der Waals surface area contributed by atoms with E-state index in [1.807, 2.05) is 80.2 Å². The van der Waals surface area contributed by atoms with E-state index >= 15 is 0 Å². The van der Waals surface area contributed by atoms with Crippen LogP contribution in [0, 0.1) is 24.2 Å². The molecule has 2 aromatic carbocycles. The van der Waals surface area contributed by atoms with Crippen LogP contribution in [0.4, 0.5) is 5.88 Å². The van der Waals surface area contributed by atoms with E-state index in [2.05, 4.69) is 35.4 Å². The lowest BCUT2D eigenvalue weighted by Crippen LogP contribution is -2.02. The number of ether oxygens (including phenoxy) is 1. The summed E-state index contributed by atoms with van der Waals surface area (Å²) in [5.41, 5.74) is 7.49. The van der Waals surface area contributed by atoms with Crippen LogP contribution in [0.3, 0.4) is 0 Å². The highest BCUT2D eigenvalue weighted by atomic mass is 16.5. The Balaban J connectivity index is 1.64. The van der Waals surface area contributed by atoms with Gasteiger partial charge >= 0.3 is 0 Å². The van der Waals surface area contributed by atoms with E-state index in [0.717, 1.165) is 40.2 Å². The van der Waals surface area contributed by atoms with Gasteiger partial charge in [0.1, 0.15) is 17.5 Å². The Labute approximate surface area is 217 Å². The lowest BCUT2D eigenvalue weighted by atomic mass is 10.1. The van der Waals surface area contributed by atoms with E-state index in [4.69, 9.17) is 14.3 Å². The highest BCUT2D eigenvalue weighted by Gasteiger charge is 2.16. The first-order chi connectivity index (χ1) is 17.9. The molecule has 0 saturated carbocycles. The van der Waals surface area contributed by atoms with Crippen LogP contribution in [0.5, 0.6) is 5.75 Å². The molecule has 0 amide bonds. The van der Waals surface area contributed by atoms with Gasteiger partial charge in [-0.25, -0.2) is 15.1 Å². The van der Waals surface area contributed by atoms with Crippen molar-refractivity contribution in [1.82, 2.24) is 14.8 Å². The van der Waals surface area contributed by atoms with Crippen LogP contribution in [0.1, 0.15) is 62.7 Å². The second kappa shape index (κ2) is 11.6. The smallest absolute Gasteiger partial charge is 0.252 e. The second-order valence-electron chi connectivity index (χ2n) is 9.59. The standard InChI is InChI=1S/C29H32N6O2/c1-19(2)13-14-36-26-12-11-22(15-21(26)5)27-23(18-35(34-27)24-9-7-6-8-10-24)17-31-33-29-25(16-30)32-28(37-29)20(3)4/h6-12,15,17-20,33H,13-14H2,1-5H3. The predicted octanol–water partition coefficient (Wildman–Crippen LogP) is 6.70. The maximum absolute atomic E-state index is 9.39. The quantitative estimate of drug-likeness (QED) is 0.194. The molecule has 8 nitrogen and oxygen atoms in total. The Morgan fingerprint density at radius 2 is 1.95 bits per heavy atom. The van der Waals surface area contributed by atoms with Gasteiger partial charge in [0, 0.05) is 23.2 Å². The highest BCUT2D eigenvalue weighted by molar-refractivity contribution is 5.89. The van der Waals surface area contributed by atoms with E-state index < -0.39 is 0 Å². The van der Waals surface area contributed by atoms with Gasteiger partial charge in [-0.05, 0) is 55.2 Å². The van der Waals surface area contributed by atoms with Crippen LogP contribution in [-0.4, -0.2) is 27.6 Å². The molecule has 0 spiro atoms. The van der Waals surface area contributed by atoms with Crippen molar-refractivity contribution < 1.29 is 9.15 Å². The number of hydrazone groups is 1. The summed E-state index contributed by atoms with van der Waals surface area (Å²) < 4.78 is 13.5. The van der Waals surface area contributed by atoms with Gasteiger partial charge in [0.05, 0.1) is 18.5 Å². The predicted molar refractivity (Wildman–Crippen MR) is 145 cm³/mol. The number of benzene rings is 2. The van der Waals surface area contributed by atoms with Gasteiger partial charge in [-0.2, -0.15) is 15.5 Å². The number of anilines is 1. The number of hydrogen-bond donors (Lipinski definition) is 1. The number of aromatic nitrogens is 3. The molecule has 0 saturated heterocycles. The lowest BCUT2D eigenvalue weighted by Gasteiger charge is -2.11. The zero-order valence-electron chi connectivity index (χ0n) is 21.9. The van der Waals surface area contributed by atoms with E-state index in [0.29, 0.717) is 18.4 Å². The number of nitrogens with zero attached hydrogens (tertiary/aromatic N) is 5. The Kier molecular flexibility index (Phi) is 8.04. The minimum atomic E-state index is 0.0582. The molecule has 0 aliphatic carbocycles. The molecule has 0 atom stereocenters. The number of hydrogen-bond acceptors (Lipinski definition) is 7. The number of aryl methyl sites for hydroxylation is 1. The zero-order valence-corrected chi connectivity index (χ0v) is 21.9. The molecule has 0 aliphatic rings. The maximum atomic E-state index is 9.39. The average Bonchev–Trinajstić information content (AvgIpc) is 3.50. The fourth-order valence-electron chi connectivity index (χ4n) is 3.68. The van der Waals surface area contributed by atoms with Crippen molar-refractivity contribution >= 4 is 12.1 Å². The number of para-hydroxylation sites is 1. The van der Waals surface area contributed by atoms with Crippen molar-refractivity contribution in [1.29, 1.82) is 5.26 Å². The molecular formula is C29H32N6O2. The Morgan fingerprint density at radius 1 is 1.16 bits per heavy atom. The van der Waals surface area contributed by atoms with Crippen LogP contribution >= 0.6 is 0 Å². The summed E-state index contributed by atoms with van der Waals surface area (Å²) in [7, 11) is 0. The van der Waals surface area contributed by atoms with E-state index in [1.165, 1.54) is 0 Å². The van der Waals surface area contributed by atoms with Gasteiger partial charge in [-0.1, -0.05) is 45.9 Å². The van der Waals surface area contributed by atoms with Gasteiger partial charge in [-0.15, -0.1) is 0 Å². The van der Waals surface area contributed by atoms with Crippen LogP contribution in [0.15, 0.2) is 64.2 Å². The lowest BCUT2D eigenvalue weighted by molar-refractivity contribution is 0.288. The molecule has 4 rings (SSSR count). The van der Waals surface area contributed by atoms with Gasteiger partial charge in [0.15, 0.2) is 0 Å². The van der Waals surface area contributed by atoms with Crippen molar-refractivity contribution in [2.24, 2.45) is 11.0 Å². The maximum Gasteiger partial charge on any atom is 0.252 e. The fraction of sp³-hybridized carbons (Fsp3) is 0.310. The largest absolute Gasteiger partial charge is 0.493 e.